The maximum absolute atomic E-state index is 14.2. The van der Waals surface area contributed by atoms with E-state index in [9.17, 15) is 22.4 Å². The Hall–Kier alpha value is -1.98. The number of aromatic nitrogens is 1. The highest BCUT2D eigenvalue weighted by Gasteiger charge is 2.45. The first-order valence-electron chi connectivity index (χ1n) is 6.90. The number of hydrogen-bond donors (Lipinski definition) is 3. The van der Waals surface area contributed by atoms with Crippen molar-refractivity contribution in [2.75, 3.05) is 26.6 Å². The highest BCUT2D eigenvalue weighted by atomic mass is 19.3. The molecule has 0 fully saturated rings. The monoisotopic (exact) mass is 347 g/mol. The molecule has 3 N–H and O–H groups in total. The second-order valence-electron chi connectivity index (χ2n) is 5.25. The van der Waals surface area contributed by atoms with Crippen LogP contribution in [-0.4, -0.2) is 65.5 Å². The van der Waals surface area contributed by atoms with Gasteiger partial charge in [0, 0.05) is 19.1 Å². The maximum Gasteiger partial charge on any atom is 0.466 e. The summed E-state index contributed by atoms with van der Waals surface area (Å²) in [6.45, 7) is -1.64. The Kier molecular flexibility index (Phi) is 5.26. The highest BCUT2D eigenvalue weighted by Crippen LogP contribution is 2.40. The molecule has 1 aromatic rings. The van der Waals surface area contributed by atoms with E-state index in [1.807, 2.05) is 0 Å². The van der Waals surface area contributed by atoms with Crippen molar-refractivity contribution >= 4 is 18.6 Å². The van der Waals surface area contributed by atoms with Crippen molar-refractivity contribution in [3.63, 3.8) is 0 Å². The van der Waals surface area contributed by atoms with Gasteiger partial charge in [0.1, 0.15) is 11.5 Å². The lowest BCUT2D eigenvalue weighted by molar-refractivity contribution is 0.0162. The smallest absolute Gasteiger partial charge is 0.426 e. The molecule has 2 heterocycles. The third kappa shape index (κ3) is 3.74. The molecular formula is C13H14BF4N3O3. The summed E-state index contributed by atoms with van der Waals surface area (Å²) in [6, 6.07) is 1.88. The average Bonchev–Trinajstić information content (AvgIpc) is 2.45. The standard InChI is InChI=1S/C13H14BF4N3O3/c1-19-12(22)9-3-2-7(11(16)20-9)10-8(15)4-21(6-14(23)24)5-13(10,17)18/h2-3,23-24H,4-6H2,1H3,(H,19,22). The number of nitrogens with one attached hydrogen (secondary N) is 1. The average molecular weight is 347 g/mol. The van der Waals surface area contributed by atoms with Crippen LogP contribution in [0.1, 0.15) is 16.1 Å². The Morgan fingerprint density at radius 1 is 1.42 bits per heavy atom. The fraction of sp³-hybridized carbons (Fsp3) is 0.385. The van der Waals surface area contributed by atoms with E-state index in [0.717, 1.165) is 17.0 Å². The van der Waals surface area contributed by atoms with Crippen molar-refractivity contribution in [1.29, 1.82) is 0 Å². The molecule has 0 unspecified atom stereocenters. The molecule has 0 radical (unpaired) electrons. The van der Waals surface area contributed by atoms with E-state index < -0.39 is 61.4 Å². The number of rotatable bonds is 4. The zero-order chi connectivity index (χ0) is 18.1. The molecule has 0 aliphatic carbocycles. The van der Waals surface area contributed by atoms with Crippen molar-refractivity contribution in [3.05, 3.63) is 35.2 Å². The first kappa shape index (κ1) is 18.4. The van der Waals surface area contributed by atoms with Gasteiger partial charge in [-0.3, -0.25) is 9.69 Å². The molecule has 1 amide bonds. The molecule has 1 aliphatic rings. The van der Waals surface area contributed by atoms with Crippen molar-refractivity contribution in [3.8, 4) is 0 Å². The SMILES string of the molecule is CNC(=O)c1ccc(C2=C(F)CN(CB(O)O)CC2(F)F)c(F)n1. The number of nitrogens with zero attached hydrogens (tertiary/aromatic N) is 2. The number of halogens is 4. The van der Waals surface area contributed by atoms with Crippen LogP contribution in [0.4, 0.5) is 17.6 Å². The lowest BCUT2D eigenvalue weighted by Crippen LogP contribution is -2.47. The Labute approximate surface area is 134 Å². The van der Waals surface area contributed by atoms with Crippen LogP contribution in [0.5, 0.6) is 0 Å². The molecule has 1 aliphatic heterocycles. The third-order valence-electron chi connectivity index (χ3n) is 3.42. The van der Waals surface area contributed by atoms with Crippen LogP contribution in [-0.2, 0) is 0 Å². The molecule has 0 atom stereocenters. The predicted molar refractivity (Wildman–Crippen MR) is 77.2 cm³/mol. The normalized spacial score (nSPS) is 17.8. The number of amides is 1. The molecule has 6 nitrogen and oxygen atoms in total. The molecule has 24 heavy (non-hydrogen) atoms. The van der Waals surface area contributed by atoms with Crippen LogP contribution in [0.3, 0.4) is 0 Å². The minimum absolute atomic E-state index is 0.330. The van der Waals surface area contributed by atoms with Crippen LogP contribution in [0, 0.1) is 5.95 Å². The lowest BCUT2D eigenvalue weighted by Gasteiger charge is -2.33. The number of carbonyl (C=O) groups is 1. The van der Waals surface area contributed by atoms with Gasteiger partial charge < -0.3 is 15.4 Å². The number of pyridine rings is 1. The van der Waals surface area contributed by atoms with E-state index in [-0.39, 0.29) is 5.69 Å². The summed E-state index contributed by atoms with van der Waals surface area (Å²) >= 11 is 0. The Morgan fingerprint density at radius 3 is 2.58 bits per heavy atom. The van der Waals surface area contributed by atoms with E-state index >= 15 is 0 Å². The Bertz CT molecular complexity index is 684. The molecule has 11 heteroatoms. The first-order chi connectivity index (χ1) is 11.2. The molecular weight excluding hydrogens is 333 g/mol. The second kappa shape index (κ2) is 6.87. The summed E-state index contributed by atoms with van der Waals surface area (Å²) in [5, 5.41) is 19.8. The largest absolute Gasteiger partial charge is 0.466 e. The summed E-state index contributed by atoms with van der Waals surface area (Å²) in [4.78, 5) is 15.4. The fourth-order valence-corrected chi connectivity index (χ4v) is 2.47. The van der Waals surface area contributed by atoms with Gasteiger partial charge in [-0.25, -0.2) is 9.37 Å². The number of hydrogen-bond acceptors (Lipinski definition) is 5. The lowest BCUT2D eigenvalue weighted by atomic mass is 9.88. The third-order valence-corrected chi connectivity index (χ3v) is 3.42. The Morgan fingerprint density at radius 2 is 2.08 bits per heavy atom. The van der Waals surface area contributed by atoms with Gasteiger partial charge in [-0.1, -0.05) is 0 Å². The van der Waals surface area contributed by atoms with Gasteiger partial charge in [-0.15, -0.1) is 0 Å². The maximum atomic E-state index is 14.2. The van der Waals surface area contributed by atoms with E-state index in [0.29, 0.717) is 0 Å². The summed E-state index contributed by atoms with van der Waals surface area (Å²) in [5.41, 5.74) is -2.22. The summed E-state index contributed by atoms with van der Waals surface area (Å²) in [6.07, 6.45) is -0.577. The summed E-state index contributed by atoms with van der Waals surface area (Å²) in [7, 11) is -0.613. The van der Waals surface area contributed by atoms with E-state index in [1.54, 1.807) is 0 Å². The molecule has 0 spiro atoms. The molecule has 0 saturated heterocycles. The van der Waals surface area contributed by atoms with Gasteiger partial charge in [-0.05, 0) is 12.1 Å². The molecule has 1 aromatic heterocycles. The topological polar surface area (TPSA) is 85.7 Å². The van der Waals surface area contributed by atoms with E-state index in [1.165, 1.54) is 7.05 Å². The zero-order valence-corrected chi connectivity index (χ0v) is 12.6. The van der Waals surface area contributed by atoms with Crippen LogP contribution < -0.4 is 5.32 Å². The van der Waals surface area contributed by atoms with Gasteiger partial charge in [0.05, 0.1) is 18.7 Å². The van der Waals surface area contributed by atoms with Gasteiger partial charge >= 0.3 is 7.12 Å². The fourth-order valence-electron chi connectivity index (χ4n) is 2.47. The summed E-state index contributed by atoms with van der Waals surface area (Å²) < 4.78 is 56.7. The molecule has 0 aromatic carbocycles. The number of alkyl halides is 2. The Balaban J connectivity index is 2.41. The quantitative estimate of drug-likeness (QED) is 0.412. The second-order valence-corrected chi connectivity index (χ2v) is 5.25. The predicted octanol–water partition coefficient (Wildman–Crippen LogP) is 0.224. The van der Waals surface area contributed by atoms with Crippen molar-refractivity contribution in [2.24, 2.45) is 0 Å². The van der Waals surface area contributed by atoms with Crippen LogP contribution in [0.15, 0.2) is 18.0 Å². The van der Waals surface area contributed by atoms with Crippen molar-refractivity contribution in [2.45, 2.75) is 5.92 Å². The molecule has 130 valence electrons. The van der Waals surface area contributed by atoms with Gasteiger partial charge in [0.15, 0.2) is 0 Å². The van der Waals surface area contributed by atoms with Crippen LogP contribution in [0.2, 0.25) is 0 Å². The summed E-state index contributed by atoms with van der Waals surface area (Å²) in [5.74, 6) is -7.18. The van der Waals surface area contributed by atoms with Crippen LogP contribution >= 0.6 is 0 Å². The van der Waals surface area contributed by atoms with Crippen molar-refractivity contribution < 1.29 is 32.4 Å². The highest BCUT2D eigenvalue weighted by molar-refractivity contribution is 6.41. The zero-order valence-electron chi connectivity index (χ0n) is 12.6. The molecule has 0 saturated carbocycles. The first-order valence-corrected chi connectivity index (χ1v) is 6.90. The van der Waals surface area contributed by atoms with Crippen LogP contribution in [0.25, 0.3) is 5.57 Å². The minimum atomic E-state index is -3.77. The van der Waals surface area contributed by atoms with Gasteiger partial charge in [-0.2, -0.15) is 13.2 Å². The van der Waals surface area contributed by atoms with Gasteiger partial charge in [0.2, 0.25) is 5.95 Å². The van der Waals surface area contributed by atoms with Crippen molar-refractivity contribution in [1.82, 2.24) is 15.2 Å². The van der Waals surface area contributed by atoms with Gasteiger partial charge in [0.25, 0.3) is 11.8 Å². The molecule has 0 bridgehead atoms. The number of carbonyl (C=O) groups excluding carboxylic acids is 1. The van der Waals surface area contributed by atoms with E-state index in [4.69, 9.17) is 10.0 Å². The minimum Gasteiger partial charge on any atom is -0.426 e. The van der Waals surface area contributed by atoms with E-state index in [2.05, 4.69) is 10.3 Å². The molecule has 2 rings (SSSR count).